The molecular formula is C28H28BrClCoN4O3. The summed E-state index contributed by atoms with van der Waals surface area (Å²) in [5, 5.41) is 13.5. The maximum Gasteiger partial charge on any atom is 0.236 e. The van der Waals surface area contributed by atoms with E-state index in [1.54, 1.807) is 12.1 Å². The topological polar surface area (TPSA) is 76.8 Å². The number of fused-ring (bicyclic) bond motifs is 1. The molecular weight excluding hydrogens is 615 g/mol. The van der Waals surface area contributed by atoms with Gasteiger partial charge in [-0.1, -0.05) is 45.7 Å². The molecule has 10 heteroatoms. The van der Waals surface area contributed by atoms with Gasteiger partial charge in [0.2, 0.25) is 24.2 Å². The number of carbonyl (C=O) groups excluding carboxylic acids is 2. The molecule has 1 saturated heterocycles. The van der Waals surface area contributed by atoms with Gasteiger partial charge in [-0.05, 0) is 40.5 Å². The molecule has 201 valence electrons. The van der Waals surface area contributed by atoms with E-state index >= 15 is 0 Å². The molecule has 3 heterocycles. The molecule has 5 rings (SSSR count). The molecule has 2 N–H and O–H groups in total. The minimum atomic E-state index is -0.503. The van der Waals surface area contributed by atoms with E-state index in [0.29, 0.717) is 37.6 Å². The van der Waals surface area contributed by atoms with Crippen LogP contribution in [0.1, 0.15) is 29.0 Å². The molecule has 0 saturated carbocycles. The number of amides is 2. The van der Waals surface area contributed by atoms with Gasteiger partial charge < -0.3 is 22.0 Å². The van der Waals surface area contributed by atoms with Gasteiger partial charge >= 0.3 is 0 Å². The molecule has 2 atom stereocenters. The number of benzene rings is 1. The molecule has 2 aliphatic heterocycles. The number of hydrogen-bond acceptors (Lipinski definition) is 4. The first-order chi connectivity index (χ1) is 17.8. The van der Waals surface area contributed by atoms with E-state index < -0.39 is 5.92 Å². The number of nitrogens with zero attached hydrogens (tertiary/aromatic N) is 3. The Balaban J connectivity index is 0.00000336. The first-order valence-corrected chi connectivity index (χ1v) is 13.4. The van der Waals surface area contributed by atoms with Gasteiger partial charge in [0, 0.05) is 81.1 Å². The molecule has 2 aromatic rings. The average Bonchev–Trinajstić information content (AvgIpc) is 3.05. The maximum atomic E-state index is 14.2. The summed E-state index contributed by atoms with van der Waals surface area (Å²) in [6.45, 7) is 6.00. The molecule has 1 aromatic carbocycles. The zero-order valence-electron chi connectivity index (χ0n) is 20.6. The largest absolute Gasteiger partial charge is 0.382 e. The fourth-order valence-corrected chi connectivity index (χ4v) is 5.75. The van der Waals surface area contributed by atoms with E-state index in [1.807, 2.05) is 46.2 Å². The number of pyridine rings is 1. The Hall–Kier alpha value is -2.59. The number of aromatic nitrogens is 1. The van der Waals surface area contributed by atoms with E-state index in [-0.39, 0.29) is 41.1 Å². The van der Waals surface area contributed by atoms with E-state index in [0.717, 1.165) is 37.2 Å². The van der Waals surface area contributed by atoms with Crippen LogP contribution in [0.3, 0.4) is 0 Å². The summed E-state index contributed by atoms with van der Waals surface area (Å²) < 4.78 is 1.96. The van der Waals surface area contributed by atoms with Crippen LogP contribution in [0.4, 0.5) is 0 Å². The van der Waals surface area contributed by atoms with Crippen LogP contribution in [-0.4, -0.2) is 59.0 Å². The maximum absolute atomic E-state index is 14.2. The van der Waals surface area contributed by atoms with Gasteiger partial charge in [0.1, 0.15) is 5.92 Å². The van der Waals surface area contributed by atoms with Crippen molar-refractivity contribution in [2.75, 3.05) is 26.2 Å². The van der Waals surface area contributed by atoms with Gasteiger partial charge in [-0.3, -0.25) is 14.8 Å². The Kier molecular flexibility index (Phi) is 9.02. The summed E-state index contributed by atoms with van der Waals surface area (Å²) in [5.74, 6) is -0.514. The molecule has 1 radical (unpaired) electrons. The van der Waals surface area contributed by atoms with Gasteiger partial charge in [0.15, 0.2) is 0 Å². The van der Waals surface area contributed by atoms with Crippen LogP contribution in [0.2, 0.25) is 5.02 Å². The number of carbonyl (C=O) groups is 2. The number of halogens is 2. The zero-order chi connectivity index (χ0) is 26.1. The van der Waals surface area contributed by atoms with Crippen molar-refractivity contribution in [2.45, 2.75) is 24.8 Å². The summed E-state index contributed by atoms with van der Waals surface area (Å²) in [4.78, 5) is 31.0. The molecule has 0 spiro atoms. The molecule has 3 aliphatic rings. The Morgan fingerprint density at radius 3 is 2.68 bits per heavy atom. The number of hydrogen-bond donors (Lipinski definition) is 2. The zero-order valence-corrected chi connectivity index (χ0v) is 24.0. The second kappa shape index (κ2) is 12.1. The second-order valence-electron chi connectivity index (χ2n) is 9.43. The van der Waals surface area contributed by atoms with Crippen LogP contribution in [0, 0.1) is 6.92 Å². The van der Waals surface area contributed by atoms with Crippen LogP contribution < -0.4 is 10.0 Å². The Bertz CT molecular complexity index is 1330. The van der Waals surface area contributed by atoms with Crippen LogP contribution >= 0.6 is 27.5 Å². The van der Waals surface area contributed by atoms with E-state index in [2.05, 4.69) is 28.2 Å². The molecule has 2 amide bonds. The third kappa shape index (κ3) is 5.86. The van der Waals surface area contributed by atoms with Crippen molar-refractivity contribution >= 4 is 45.4 Å². The number of nitrogens with one attached hydrogen (secondary N) is 1. The molecule has 1 unspecified atom stereocenters. The molecule has 0 bridgehead atoms. The summed E-state index contributed by atoms with van der Waals surface area (Å²) >= 11 is 9.87. The van der Waals surface area contributed by atoms with Crippen molar-refractivity contribution in [1.29, 1.82) is 0 Å². The van der Waals surface area contributed by atoms with Gasteiger partial charge in [0.25, 0.3) is 0 Å². The van der Waals surface area contributed by atoms with E-state index in [4.69, 9.17) is 11.6 Å². The van der Waals surface area contributed by atoms with Gasteiger partial charge in [-0.15, -0.1) is 0 Å². The van der Waals surface area contributed by atoms with Crippen molar-refractivity contribution in [1.82, 2.24) is 15.1 Å². The average molecular weight is 643 g/mol. The molecule has 7 nitrogen and oxygen atoms in total. The fourth-order valence-electron chi connectivity index (χ4n) is 5.19. The number of rotatable bonds is 4. The SMILES string of the molecule is [CH2-]C[C@H]1CN(C(=O)C2C3=C(C=Cc4cc(Cl)ccc42)C=C(Br)CN3)CCN1C(=O)Cc1cc[n+](O)cc1.[Co]. The monoisotopic (exact) mass is 641 g/mol. The summed E-state index contributed by atoms with van der Waals surface area (Å²) in [6, 6.07) is 8.91. The molecule has 1 aliphatic carbocycles. The molecule has 38 heavy (non-hydrogen) atoms. The van der Waals surface area contributed by atoms with Crippen molar-refractivity contribution in [3.05, 3.63) is 99.3 Å². The van der Waals surface area contributed by atoms with Crippen molar-refractivity contribution in [3.8, 4) is 0 Å². The third-order valence-corrected chi connectivity index (χ3v) is 7.84. The minimum absolute atomic E-state index is 0. The van der Waals surface area contributed by atoms with Gasteiger partial charge in [-0.25, -0.2) is 0 Å². The van der Waals surface area contributed by atoms with Crippen molar-refractivity contribution in [2.24, 2.45) is 0 Å². The third-order valence-electron chi connectivity index (χ3n) is 7.09. The van der Waals surface area contributed by atoms with Crippen LogP contribution in [0.15, 0.2) is 70.6 Å². The molecule has 1 aromatic heterocycles. The fraction of sp³-hybridized carbons (Fsp3) is 0.286. The summed E-state index contributed by atoms with van der Waals surface area (Å²) in [6.07, 6.45) is 9.80. The predicted octanol–water partition coefficient (Wildman–Crippen LogP) is 3.62. The smallest absolute Gasteiger partial charge is 0.236 e. The van der Waals surface area contributed by atoms with Crippen LogP contribution in [0.25, 0.3) is 6.08 Å². The van der Waals surface area contributed by atoms with Gasteiger partial charge in [0.05, 0.1) is 6.42 Å². The number of allylic oxidation sites excluding steroid dienone is 3. The van der Waals surface area contributed by atoms with Crippen LogP contribution in [-0.2, 0) is 32.8 Å². The minimum Gasteiger partial charge on any atom is -0.382 e. The molecule has 1 fully saturated rings. The van der Waals surface area contributed by atoms with Gasteiger partial charge in [-0.2, -0.15) is 6.42 Å². The summed E-state index contributed by atoms with van der Waals surface area (Å²) in [7, 11) is 0. The standard InChI is InChI=1S/C28H28BrClN4O3.Co/c1-2-23-17-32(11-12-34(23)25(35)13-18-7-9-33(37)10-8-18)28(36)26-24-6-5-22(30)15-19(24)3-4-20-14-21(29)16-31-27(20)26;/h3-10,14-15,23,26,31,37H,1-2,11-13,16-17H2;/t23-,26?;/m0./s1. The van der Waals surface area contributed by atoms with E-state index in [9.17, 15) is 14.8 Å². The van der Waals surface area contributed by atoms with E-state index in [1.165, 1.54) is 12.4 Å². The van der Waals surface area contributed by atoms with Crippen LogP contribution in [0.5, 0.6) is 0 Å². The normalized spacial score (nSPS) is 20.4. The summed E-state index contributed by atoms with van der Waals surface area (Å²) in [5.41, 5.74) is 4.48. The number of dihydropyridines is 1. The second-order valence-corrected chi connectivity index (χ2v) is 10.9. The number of piperazine rings is 1. The Morgan fingerprint density at radius 2 is 1.95 bits per heavy atom. The Morgan fingerprint density at radius 1 is 1.18 bits per heavy atom. The Labute approximate surface area is 246 Å². The van der Waals surface area contributed by atoms with Crippen molar-refractivity contribution < 1.29 is 36.3 Å². The van der Waals surface area contributed by atoms with Crippen molar-refractivity contribution in [3.63, 3.8) is 0 Å². The first kappa shape index (κ1) is 28.4. The predicted molar refractivity (Wildman–Crippen MR) is 145 cm³/mol. The quantitative estimate of drug-likeness (QED) is 0.304. The first-order valence-electron chi connectivity index (χ1n) is 12.2.